The molecule has 3 heteroatoms. The third kappa shape index (κ3) is 2.88. The minimum absolute atomic E-state index is 0.445. The van der Waals surface area contributed by atoms with Crippen LogP contribution in [0.3, 0.4) is 0 Å². The number of benzene rings is 1. The van der Waals surface area contributed by atoms with Gasteiger partial charge in [-0.1, -0.05) is 42.1 Å². The topological polar surface area (TPSA) is 24.4 Å². The lowest BCUT2D eigenvalue weighted by molar-refractivity contribution is 0.418. The average molecular weight is 286 g/mol. The summed E-state index contributed by atoms with van der Waals surface area (Å²) < 4.78 is 0. The fraction of sp³-hybridized carbons (Fsp3) is 0.588. The van der Waals surface area contributed by atoms with E-state index in [1.54, 1.807) is 0 Å². The second-order valence-corrected chi connectivity index (χ2v) is 7.41. The van der Waals surface area contributed by atoms with E-state index in [1.807, 2.05) is 11.8 Å². The molecular weight excluding hydrogens is 264 g/mol. The van der Waals surface area contributed by atoms with E-state index in [1.165, 1.54) is 36.4 Å². The maximum atomic E-state index is 4.89. The van der Waals surface area contributed by atoms with Gasteiger partial charge in [0.25, 0.3) is 0 Å². The molecule has 4 rings (SSSR count). The predicted molar refractivity (Wildman–Crippen MR) is 86.0 cm³/mol. The Labute approximate surface area is 125 Å². The zero-order valence-electron chi connectivity index (χ0n) is 11.8. The Morgan fingerprint density at radius 2 is 1.80 bits per heavy atom. The van der Waals surface area contributed by atoms with Crippen molar-refractivity contribution in [1.82, 2.24) is 5.32 Å². The molecule has 0 bridgehead atoms. The van der Waals surface area contributed by atoms with Crippen LogP contribution >= 0.6 is 11.8 Å². The SMILES string of the molecule is c1ccc(C2CSC(=NCC(C3CC3)C3CC3)N2)cc1. The zero-order valence-corrected chi connectivity index (χ0v) is 12.6. The van der Waals surface area contributed by atoms with Gasteiger partial charge in [0.2, 0.25) is 0 Å². The van der Waals surface area contributed by atoms with Crippen LogP contribution in [0.4, 0.5) is 0 Å². The monoisotopic (exact) mass is 286 g/mol. The number of nitrogens with one attached hydrogen (secondary N) is 1. The highest BCUT2D eigenvalue weighted by Gasteiger charge is 2.41. The zero-order chi connectivity index (χ0) is 13.4. The van der Waals surface area contributed by atoms with Crippen LogP contribution in [0, 0.1) is 17.8 Å². The molecule has 1 saturated heterocycles. The van der Waals surface area contributed by atoms with Crippen molar-refractivity contribution in [2.45, 2.75) is 31.7 Å². The molecule has 1 N–H and O–H groups in total. The molecule has 20 heavy (non-hydrogen) atoms. The third-order valence-electron chi connectivity index (χ3n) is 4.79. The van der Waals surface area contributed by atoms with Crippen LogP contribution in [-0.4, -0.2) is 17.5 Å². The van der Waals surface area contributed by atoms with Gasteiger partial charge in [-0.05, 0) is 49.0 Å². The lowest BCUT2D eigenvalue weighted by Gasteiger charge is -2.13. The normalized spacial score (nSPS) is 28.1. The van der Waals surface area contributed by atoms with Gasteiger partial charge in [0.15, 0.2) is 5.17 Å². The van der Waals surface area contributed by atoms with Gasteiger partial charge in [-0.15, -0.1) is 0 Å². The summed E-state index contributed by atoms with van der Waals surface area (Å²) in [6.07, 6.45) is 5.83. The van der Waals surface area contributed by atoms with Crippen molar-refractivity contribution >= 4 is 16.9 Å². The number of rotatable bonds is 5. The van der Waals surface area contributed by atoms with Crippen LogP contribution in [-0.2, 0) is 0 Å². The number of hydrogen-bond acceptors (Lipinski definition) is 2. The van der Waals surface area contributed by atoms with Crippen LogP contribution < -0.4 is 5.32 Å². The van der Waals surface area contributed by atoms with Crippen molar-refractivity contribution in [2.24, 2.45) is 22.7 Å². The van der Waals surface area contributed by atoms with E-state index in [-0.39, 0.29) is 0 Å². The molecular formula is C17H22N2S. The Kier molecular flexibility index (Phi) is 3.47. The maximum Gasteiger partial charge on any atom is 0.157 e. The van der Waals surface area contributed by atoms with E-state index < -0.39 is 0 Å². The molecule has 3 fully saturated rings. The molecule has 1 aromatic carbocycles. The molecule has 0 spiro atoms. The summed E-state index contributed by atoms with van der Waals surface area (Å²) in [7, 11) is 0. The Hall–Kier alpha value is -0.960. The fourth-order valence-corrected chi connectivity index (χ4v) is 4.26. The molecule has 0 radical (unpaired) electrons. The smallest absolute Gasteiger partial charge is 0.157 e. The summed E-state index contributed by atoms with van der Waals surface area (Å²) in [5, 5.41) is 4.77. The maximum absolute atomic E-state index is 4.89. The average Bonchev–Trinajstić information content (AvgIpc) is 3.41. The first-order valence-electron chi connectivity index (χ1n) is 7.89. The molecule has 1 unspecified atom stereocenters. The van der Waals surface area contributed by atoms with E-state index in [9.17, 15) is 0 Å². The second-order valence-electron chi connectivity index (χ2n) is 6.40. The lowest BCUT2D eigenvalue weighted by atomic mass is 9.98. The van der Waals surface area contributed by atoms with Crippen molar-refractivity contribution in [3.8, 4) is 0 Å². The minimum Gasteiger partial charge on any atom is -0.357 e. The van der Waals surface area contributed by atoms with Gasteiger partial charge >= 0.3 is 0 Å². The van der Waals surface area contributed by atoms with E-state index in [2.05, 4.69) is 35.6 Å². The van der Waals surface area contributed by atoms with Gasteiger partial charge in [-0.25, -0.2) is 0 Å². The van der Waals surface area contributed by atoms with Crippen molar-refractivity contribution in [1.29, 1.82) is 0 Å². The fourth-order valence-electron chi connectivity index (χ4n) is 3.27. The van der Waals surface area contributed by atoms with Gasteiger partial charge in [0.1, 0.15) is 0 Å². The van der Waals surface area contributed by atoms with E-state index in [0.29, 0.717) is 6.04 Å². The van der Waals surface area contributed by atoms with Crippen molar-refractivity contribution in [3.63, 3.8) is 0 Å². The van der Waals surface area contributed by atoms with Gasteiger partial charge in [-0.3, -0.25) is 4.99 Å². The third-order valence-corrected chi connectivity index (χ3v) is 5.81. The van der Waals surface area contributed by atoms with Crippen molar-refractivity contribution in [3.05, 3.63) is 35.9 Å². The van der Waals surface area contributed by atoms with E-state index in [0.717, 1.165) is 30.1 Å². The molecule has 1 aliphatic heterocycles. The Morgan fingerprint density at radius 3 is 2.45 bits per heavy atom. The summed E-state index contributed by atoms with van der Waals surface area (Å²) in [5.74, 6) is 4.01. The summed E-state index contributed by atoms with van der Waals surface area (Å²) in [4.78, 5) is 4.89. The molecule has 0 aromatic heterocycles. The van der Waals surface area contributed by atoms with Crippen molar-refractivity contribution in [2.75, 3.05) is 12.3 Å². The first-order valence-corrected chi connectivity index (χ1v) is 8.87. The summed E-state index contributed by atoms with van der Waals surface area (Å²) in [5.41, 5.74) is 1.38. The molecule has 1 atom stereocenters. The Balaban J connectivity index is 1.36. The molecule has 2 nitrogen and oxygen atoms in total. The standard InChI is InChI=1S/C17H22N2S/c1-2-4-14(5-3-1)16-11-20-17(19-16)18-10-15(12-6-7-12)13-8-9-13/h1-5,12-13,15-16H,6-11H2,(H,18,19). The Bertz CT molecular complexity index is 479. The van der Waals surface area contributed by atoms with E-state index >= 15 is 0 Å². The number of nitrogens with zero attached hydrogens (tertiary/aromatic N) is 1. The Morgan fingerprint density at radius 1 is 1.10 bits per heavy atom. The quantitative estimate of drug-likeness (QED) is 0.889. The van der Waals surface area contributed by atoms with Gasteiger partial charge in [0.05, 0.1) is 6.04 Å². The first-order chi connectivity index (χ1) is 9.90. The van der Waals surface area contributed by atoms with Crippen molar-refractivity contribution < 1.29 is 0 Å². The molecule has 2 aliphatic carbocycles. The molecule has 0 amide bonds. The van der Waals surface area contributed by atoms with Crippen LogP contribution in [0.25, 0.3) is 0 Å². The van der Waals surface area contributed by atoms with Crippen LogP contribution in [0.1, 0.15) is 37.3 Å². The van der Waals surface area contributed by atoms with Crippen LogP contribution in [0.2, 0.25) is 0 Å². The van der Waals surface area contributed by atoms with Crippen LogP contribution in [0.5, 0.6) is 0 Å². The molecule has 2 saturated carbocycles. The van der Waals surface area contributed by atoms with Gasteiger partial charge in [0, 0.05) is 12.3 Å². The summed E-state index contributed by atoms with van der Waals surface area (Å²) in [6, 6.07) is 11.2. The highest BCUT2D eigenvalue weighted by molar-refractivity contribution is 8.14. The minimum atomic E-state index is 0.445. The predicted octanol–water partition coefficient (Wildman–Crippen LogP) is 3.86. The largest absolute Gasteiger partial charge is 0.357 e. The van der Waals surface area contributed by atoms with Gasteiger partial charge in [-0.2, -0.15) is 0 Å². The van der Waals surface area contributed by atoms with Crippen LogP contribution in [0.15, 0.2) is 35.3 Å². The molecule has 1 heterocycles. The lowest BCUT2D eigenvalue weighted by Crippen LogP contribution is -2.20. The number of aliphatic imine (C=N–C) groups is 1. The first kappa shape index (κ1) is 12.8. The summed E-state index contributed by atoms with van der Waals surface area (Å²) >= 11 is 1.89. The van der Waals surface area contributed by atoms with Gasteiger partial charge < -0.3 is 5.32 Å². The van der Waals surface area contributed by atoms with E-state index in [4.69, 9.17) is 4.99 Å². The molecule has 3 aliphatic rings. The second kappa shape index (κ2) is 5.44. The number of thioether (sulfide) groups is 1. The molecule has 106 valence electrons. The number of hydrogen-bond donors (Lipinski definition) is 1. The molecule has 1 aromatic rings. The highest BCUT2D eigenvalue weighted by atomic mass is 32.2. The number of amidine groups is 1. The summed E-state index contributed by atoms with van der Waals surface area (Å²) in [6.45, 7) is 1.06. The highest BCUT2D eigenvalue weighted by Crippen LogP contribution is 2.49.